The molecule has 1 heterocycles. The number of benzene rings is 1. The third-order valence-corrected chi connectivity index (χ3v) is 4.26. The van der Waals surface area contributed by atoms with Crippen molar-refractivity contribution >= 4 is 23.2 Å². The first-order valence-corrected chi connectivity index (χ1v) is 8.02. The summed E-state index contributed by atoms with van der Waals surface area (Å²) in [5, 5.41) is 9.44. The summed E-state index contributed by atoms with van der Waals surface area (Å²) in [7, 11) is 1.96. The van der Waals surface area contributed by atoms with Gasteiger partial charge in [-0.1, -0.05) is 30.1 Å². The van der Waals surface area contributed by atoms with E-state index in [1.54, 1.807) is 0 Å². The van der Waals surface area contributed by atoms with Gasteiger partial charge in [-0.25, -0.2) is 0 Å². The van der Waals surface area contributed by atoms with Gasteiger partial charge in [0.1, 0.15) is 0 Å². The van der Waals surface area contributed by atoms with E-state index in [4.69, 9.17) is 23.2 Å². The lowest BCUT2D eigenvalue weighted by atomic mass is 10.0. The highest BCUT2D eigenvalue weighted by molar-refractivity contribution is 6.33. The summed E-state index contributed by atoms with van der Waals surface area (Å²) in [4.78, 5) is 0. The van der Waals surface area contributed by atoms with Gasteiger partial charge in [0.05, 0.1) is 17.4 Å². The van der Waals surface area contributed by atoms with Crippen molar-refractivity contribution in [2.75, 3.05) is 7.05 Å². The molecule has 0 aliphatic rings. The molecule has 2 aromatic rings. The number of nitrogens with one attached hydrogen (secondary N) is 1. The van der Waals surface area contributed by atoms with Gasteiger partial charge in [0, 0.05) is 16.6 Å². The number of hydrogen-bond donors (Lipinski definition) is 1. The number of halogens is 2. The van der Waals surface area contributed by atoms with Crippen molar-refractivity contribution in [3.63, 3.8) is 0 Å². The largest absolute Gasteiger partial charge is 0.311 e. The fourth-order valence-electron chi connectivity index (χ4n) is 2.47. The molecular weight excluding hydrogens is 305 g/mol. The lowest BCUT2D eigenvalue weighted by molar-refractivity contribution is 0.512. The average Bonchev–Trinajstić information content (AvgIpc) is 2.91. The Balaban J connectivity index is 2.31. The van der Waals surface area contributed by atoms with Crippen LogP contribution < -0.4 is 5.32 Å². The van der Waals surface area contributed by atoms with Crippen molar-refractivity contribution in [1.82, 2.24) is 15.1 Å². The molecule has 0 saturated carbocycles. The fourth-order valence-corrected chi connectivity index (χ4v) is 2.86. The maximum atomic E-state index is 6.28. The van der Waals surface area contributed by atoms with Crippen molar-refractivity contribution in [2.24, 2.45) is 0 Å². The SMILES string of the molecule is CCc1cc(C(Cc2cc(Cl)ccc2Cl)NC)n(CC)n1. The third-order valence-electron chi connectivity index (χ3n) is 3.66. The van der Waals surface area contributed by atoms with E-state index in [0.29, 0.717) is 5.02 Å². The van der Waals surface area contributed by atoms with E-state index in [0.717, 1.165) is 35.7 Å². The van der Waals surface area contributed by atoms with Gasteiger partial charge < -0.3 is 5.32 Å². The summed E-state index contributed by atoms with van der Waals surface area (Å²) in [5.41, 5.74) is 3.35. The molecule has 0 aliphatic carbocycles. The second kappa shape index (κ2) is 7.30. The molecule has 3 nitrogen and oxygen atoms in total. The molecule has 0 saturated heterocycles. The van der Waals surface area contributed by atoms with E-state index in [2.05, 4.69) is 35.0 Å². The molecule has 2 rings (SSSR count). The first-order chi connectivity index (χ1) is 10.1. The van der Waals surface area contributed by atoms with Crippen LogP contribution in [0.2, 0.25) is 10.0 Å². The molecule has 0 fully saturated rings. The zero-order valence-electron chi connectivity index (χ0n) is 12.7. The summed E-state index contributed by atoms with van der Waals surface area (Å²) >= 11 is 12.4. The third kappa shape index (κ3) is 3.79. The summed E-state index contributed by atoms with van der Waals surface area (Å²) in [5.74, 6) is 0. The molecule has 0 spiro atoms. The predicted octanol–water partition coefficient (Wildman–Crippen LogP) is 4.28. The molecule has 1 aromatic heterocycles. The van der Waals surface area contributed by atoms with Crippen LogP contribution in [0.1, 0.15) is 36.8 Å². The second-order valence-electron chi connectivity index (χ2n) is 5.01. The number of aryl methyl sites for hydroxylation is 2. The van der Waals surface area contributed by atoms with Crippen LogP contribution in [0.25, 0.3) is 0 Å². The normalized spacial score (nSPS) is 12.6. The van der Waals surface area contributed by atoms with E-state index in [9.17, 15) is 0 Å². The topological polar surface area (TPSA) is 29.9 Å². The van der Waals surface area contributed by atoms with Crippen molar-refractivity contribution in [3.8, 4) is 0 Å². The molecule has 5 heteroatoms. The molecular formula is C16H21Cl2N3. The van der Waals surface area contributed by atoms with Crippen molar-refractivity contribution in [3.05, 3.63) is 51.3 Å². The molecule has 114 valence electrons. The van der Waals surface area contributed by atoms with Crippen LogP contribution in [-0.4, -0.2) is 16.8 Å². The fraction of sp³-hybridized carbons (Fsp3) is 0.438. The van der Waals surface area contributed by atoms with E-state index in [-0.39, 0.29) is 6.04 Å². The van der Waals surface area contributed by atoms with Gasteiger partial charge >= 0.3 is 0 Å². The van der Waals surface area contributed by atoms with Gasteiger partial charge in [0.25, 0.3) is 0 Å². The summed E-state index contributed by atoms with van der Waals surface area (Å²) in [6, 6.07) is 7.92. The van der Waals surface area contributed by atoms with Crippen LogP contribution in [0.3, 0.4) is 0 Å². The first kappa shape index (κ1) is 16.3. The number of nitrogens with zero attached hydrogens (tertiary/aromatic N) is 2. The van der Waals surface area contributed by atoms with Crippen molar-refractivity contribution in [2.45, 2.75) is 39.3 Å². The van der Waals surface area contributed by atoms with E-state index >= 15 is 0 Å². The Kier molecular flexibility index (Phi) is 5.68. The smallest absolute Gasteiger partial charge is 0.0625 e. The quantitative estimate of drug-likeness (QED) is 0.859. The minimum absolute atomic E-state index is 0.161. The molecule has 1 unspecified atom stereocenters. The maximum absolute atomic E-state index is 6.28. The molecule has 1 N–H and O–H groups in total. The molecule has 21 heavy (non-hydrogen) atoms. The van der Waals surface area contributed by atoms with Crippen molar-refractivity contribution < 1.29 is 0 Å². The standard InChI is InChI=1S/C16H21Cl2N3/c1-4-13-10-16(21(5-2)20-13)15(19-3)9-11-8-12(17)6-7-14(11)18/h6-8,10,15,19H,4-5,9H2,1-3H3. The monoisotopic (exact) mass is 325 g/mol. The second-order valence-corrected chi connectivity index (χ2v) is 5.85. The highest BCUT2D eigenvalue weighted by Gasteiger charge is 2.18. The van der Waals surface area contributed by atoms with Gasteiger partial charge in [-0.05, 0) is 56.6 Å². The Hall–Kier alpha value is -1.03. The van der Waals surface area contributed by atoms with Gasteiger partial charge in [0.15, 0.2) is 0 Å². The molecule has 0 bridgehead atoms. The summed E-state index contributed by atoms with van der Waals surface area (Å²) < 4.78 is 2.05. The minimum Gasteiger partial charge on any atom is -0.311 e. The Bertz CT molecular complexity index is 608. The van der Waals surface area contributed by atoms with Crippen LogP contribution in [0.5, 0.6) is 0 Å². The lowest BCUT2D eigenvalue weighted by Gasteiger charge is -2.18. The average molecular weight is 326 g/mol. The zero-order valence-corrected chi connectivity index (χ0v) is 14.2. The van der Waals surface area contributed by atoms with Gasteiger partial charge in [-0.15, -0.1) is 0 Å². The Morgan fingerprint density at radius 3 is 2.62 bits per heavy atom. The molecule has 0 amide bonds. The van der Waals surface area contributed by atoms with E-state index in [1.807, 2.05) is 25.2 Å². The predicted molar refractivity (Wildman–Crippen MR) is 89.2 cm³/mol. The van der Waals surface area contributed by atoms with Crippen LogP contribution in [-0.2, 0) is 19.4 Å². The first-order valence-electron chi connectivity index (χ1n) is 7.26. The van der Waals surface area contributed by atoms with Gasteiger partial charge in [-0.2, -0.15) is 5.10 Å². The number of rotatable bonds is 6. The van der Waals surface area contributed by atoms with E-state index < -0.39 is 0 Å². The van der Waals surface area contributed by atoms with Gasteiger partial charge in [0.2, 0.25) is 0 Å². The Morgan fingerprint density at radius 2 is 2.00 bits per heavy atom. The van der Waals surface area contributed by atoms with Crippen LogP contribution >= 0.6 is 23.2 Å². The highest BCUT2D eigenvalue weighted by Crippen LogP contribution is 2.26. The summed E-state index contributed by atoms with van der Waals surface area (Å²) in [6.07, 6.45) is 1.72. The minimum atomic E-state index is 0.161. The highest BCUT2D eigenvalue weighted by atomic mass is 35.5. The van der Waals surface area contributed by atoms with Crippen LogP contribution in [0.4, 0.5) is 0 Å². The Morgan fingerprint density at radius 1 is 1.24 bits per heavy atom. The zero-order chi connectivity index (χ0) is 15.4. The van der Waals surface area contributed by atoms with Crippen molar-refractivity contribution in [1.29, 1.82) is 0 Å². The number of hydrogen-bond acceptors (Lipinski definition) is 2. The van der Waals surface area contributed by atoms with E-state index in [1.165, 1.54) is 5.69 Å². The van der Waals surface area contributed by atoms with Crippen LogP contribution in [0, 0.1) is 0 Å². The molecule has 0 aliphatic heterocycles. The van der Waals surface area contributed by atoms with Gasteiger partial charge in [-0.3, -0.25) is 4.68 Å². The molecule has 1 aromatic carbocycles. The summed E-state index contributed by atoms with van der Waals surface area (Å²) in [6.45, 7) is 5.08. The number of aromatic nitrogens is 2. The van der Waals surface area contributed by atoms with Crippen LogP contribution in [0.15, 0.2) is 24.3 Å². The molecule has 1 atom stereocenters. The number of likely N-dealkylation sites (N-methyl/N-ethyl adjacent to an activating group) is 1. The lowest BCUT2D eigenvalue weighted by Crippen LogP contribution is -2.22. The molecule has 0 radical (unpaired) electrons. The maximum Gasteiger partial charge on any atom is 0.0625 e. The Labute approximate surface area is 136 Å².